The topological polar surface area (TPSA) is 63.1 Å². The van der Waals surface area contributed by atoms with Crippen molar-refractivity contribution in [3.63, 3.8) is 0 Å². The lowest BCUT2D eigenvalue weighted by Crippen LogP contribution is -2.45. The molecule has 8 rings (SSSR count). The Bertz CT molecular complexity index is 1850. The van der Waals surface area contributed by atoms with Crippen LogP contribution in [0.2, 0.25) is 0 Å². The van der Waals surface area contributed by atoms with Crippen LogP contribution in [0, 0.1) is 29.6 Å². The maximum atomic E-state index is 11.6. The highest BCUT2D eigenvalue weighted by atomic mass is 16.5. The first kappa shape index (κ1) is 35.1. The fraction of sp³-hybridized carbons (Fsp3) is 0.468. The standard InChI is InChI=1S/C47H56N2O3/c1-4-6-12-30(5-2)29-52-34-21-26-40(43(50)27-34)47-48-41(31-13-8-7-9-14-31)28-42(49-47)36-23-18-33-19-24-38-35(37-15-10-11-16-44(37)51-3)22-17-32-20-25-39(36)46(33)45(32)38/h7-11,13,15-17,19,22-24,26,28,30-31,33-34,38,41,43,45,50H,4-6,12,14,18,20-21,25,27,29H2,1-3H3,(H,48,49). The molecular weight excluding hydrogens is 641 g/mol. The maximum absolute atomic E-state index is 11.6. The molecule has 0 radical (unpaired) electrons. The molecular formula is C47H56N2O3. The highest BCUT2D eigenvalue weighted by molar-refractivity contribution is 6.01. The quantitative estimate of drug-likeness (QED) is 0.214. The summed E-state index contributed by atoms with van der Waals surface area (Å²) in [4.78, 5) is 5.41. The van der Waals surface area contributed by atoms with Crippen LogP contribution in [0.3, 0.4) is 0 Å². The summed E-state index contributed by atoms with van der Waals surface area (Å²) in [5, 5.41) is 15.4. The van der Waals surface area contributed by atoms with Gasteiger partial charge in [0.1, 0.15) is 11.6 Å². The Morgan fingerprint density at radius 2 is 1.88 bits per heavy atom. The molecule has 1 aromatic carbocycles. The van der Waals surface area contributed by atoms with Gasteiger partial charge in [-0.05, 0) is 73.3 Å². The molecule has 0 saturated heterocycles. The number of amidine groups is 1. The minimum absolute atomic E-state index is 0.0443. The zero-order valence-electron chi connectivity index (χ0n) is 31.3. The average molecular weight is 697 g/mol. The van der Waals surface area contributed by atoms with Crippen molar-refractivity contribution in [3.8, 4) is 5.75 Å². The van der Waals surface area contributed by atoms with Gasteiger partial charge >= 0.3 is 0 Å². The molecule has 0 bridgehead atoms. The number of aliphatic hydroxyl groups is 1. The average Bonchev–Trinajstić information content (AvgIpc) is 3.20. The third-order valence-corrected chi connectivity index (χ3v) is 12.7. The third kappa shape index (κ3) is 6.83. The van der Waals surface area contributed by atoms with Crippen molar-refractivity contribution in [2.24, 2.45) is 34.6 Å². The molecule has 6 aliphatic carbocycles. The van der Waals surface area contributed by atoms with Gasteiger partial charge in [0.25, 0.3) is 0 Å². The lowest BCUT2D eigenvalue weighted by Gasteiger charge is -2.46. The lowest BCUT2D eigenvalue weighted by molar-refractivity contribution is -0.00135. The van der Waals surface area contributed by atoms with Crippen LogP contribution < -0.4 is 10.1 Å². The molecule has 272 valence electrons. The number of rotatable bonds is 12. The van der Waals surface area contributed by atoms with E-state index in [1.165, 1.54) is 41.5 Å². The van der Waals surface area contributed by atoms with Crippen molar-refractivity contribution in [2.45, 2.75) is 96.3 Å². The number of aliphatic hydroxyl groups excluding tert-OH is 1. The number of hydrogen-bond donors (Lipinski definition) is 2. The first-order chi connectivity index (χ1) is 25.6. The number of unbranched alkanes of at least 4 members (excludes halogenated alkanes) is 1. The van der Waals surface area contributed by atoms with Crippen LogP contribution in [0.15, 0.2) is 130 Å². The van der Waals surface area contributed by atoms with E-state index in [-0.39, 0.29) is 12.1 Å². The highest BCUT2D eigenvalue weighted by Gasteiger charge is 2.43. The van der Waals surface area contributed by atoms with Gasteiger partial charge in [-0.2, -0.15) is 0 Å². The van der Waals surface area contributed by atoms with Gasteiger partial charge in [0, 0.05) is 47.8 Å². The Morgan fingerprint density at radius 3 is 2.69 bits per heavy atom. The molecule has 1 aliphatic heterocycles. The van der Waals surface area contributed by atoms with E-state index in [0.717, 1.165) is 68.0 Å². The van der Waals surface area contributed by atoms with Crippen LogP contribution in [0.1, 0.15) is 83.6 Å². The molecule has 5 heteroatoms. The van der Waals surface area contributed by atoms with E-state index >= 15 is 0 Å². The number of nitrogens with zero attached hydrogens (tertiary/aromatic N) is 1. The molecule has 0 aromatic heterocycles. The molecule has 5 nitrogen and oxygen atoms in total. The zero-order chi connectivity index (χ0) is 35.6. The summed E-state index contributed by atoms with van der Waals surface area (Å²) in [6, 6.07) is 8.55. The van der Waals surface area contributed by atoms with Crippen LogP contribution in [-0.2, 0) is 4.74 Å². The smallest absolute Gasteiger partial charge is 0.132 e. The number of allylic oxidation sites excluding steroid dienone is 12. The van der Waals surface area contributed by atoms with Crippen molar-refractivity contribution in [1.29, 1.82) is 0 Å². The van der Waals surface area contributed by atoms with Crippen molar-refractivity contribution >= 4 is 11.4 Å². The molecule has 1 aromatic rings. The summed E-state index contributed by atoms with van der Waals surface area (Å²) in [7, 11) is 1.77. The lowest BCUT2D eigenvalue weighted by atomic mass is 9.58. The van der Waals surface area contributed by atoms with Crippen LogP contribution in [0.25, 0.3) is 5.57 Å². The first-order valence-electron chi connectivity index (χ1n) is 20.1. The number of nitrogens with one attached hydrogen (secondary N) is 1. The van der Waals surface area contributed by atoms with E-state index in [1.54, 1.807) is 18.3 Å². The number of benzene rings is 1. The SMILES string of the molecule is CCCCC(CC)COC1CC=C(C2=NC(C3=CCC4C=CC5C(c6ccccc6OC)=CC=C6CCC3=C4C65)=CC(C3C=CC=CC3)N2)C(O)C1. The van der Waals surface area contributed by atoms with E-state index in [0.29, 0.717) is 36.0 Å². The van der Waals surface area contributed by atoms with Gasteiger partial charge in [-0.1, -0.05) is 123 Å². The summed E-state index contributed by atoms with van der Waals surface area (Å²) in [6.45, 7) is 5.30. The summed E-state index contributed by atoms with van der Waals surface area (Å²) in [5.74, 6) is 3.76. The van der Waals surface area contributed by atoms with Gasteiger partial charge in [-0.15, -0.1) is 0 Å². The van der Waals surface area contributed by atoms with Gasteiger partial charge < -0.3 is 19.9 Å². The third-order valence-electron chi connectivity index (χ3n) is 12.7. The fourth-order valence-electron chi connectivity index (χ4n) is 9.74. The minimum Gasteiger partial charge on any atom is -0.496 e. The van der Waals surface area contributed by atoms with Crippen molar-refractivity contribution in [3.05, 3.63) is 130 Å². The van der Waals surface area contributed by atoms with E-state index in [4.69, 9.17) is 14.5 Å². The van der Waals surface area contributed by atoms with Crippen molar-refractivity contribution in [2.75, 3.05) is 13.7 Å². The van der Waals surface area contributed by atoms with E-state index in [1.807, 2.05) is 0 Å². The Labute approximate surface area is 311 Å². The summed E-state index contributed by atoms with van der Waals surface area (Å²) >= 11 is 0. The number of hydrogen-bond acceptors (Lipinski definition) is 5. The molecule has 8 unspecified atom stereocenters. The van der Waals surface area contributed by atoms with Gasteiger partial charge in [0.05, 0.1) is 31.1 Å². The summed E-state index contributed by atoms with van der Waals surface area (Å²) in [6.07, 6.45) is 35.4. The molecule has 52 heavy (non-hydrogen) atoms. The van der Waals surface area contributed by atoms with Crippen molar-refractivity contribution in [1.82, 2.24) is 5.32 Å². The molecule has 0 saturated carbocycles. The largest absolute Gasteiger partial charge is 0.496 e. The van der Waals surface area contributed by atoms with Crippen LogP contribution in [0.4, 0.5) is 0 Å². The highest BCUT2D eigenvalue weighted by Crippen LogP contribution is 2.56. The van der Waals surface area contributed by atoms with E-state index < -0.39 is 6.10 Å². The summed E-state index contributed by atoms with van der Waals surface area (Å²) in [5.41, 5.74) is 10.5. The fourth-order valence-corrected chi connectivity index (χ4v) is 9.74. The minimum atomic E-state index is -0.608. The predicted octanol–water partition coefficient (Wildman–Crippen LogP) is 9.93. The second kappa shape index (κ2) is 15.6. The number of methoxy groups -OCH3 is 1. The maximum Gasteiger partial charge on any atom is 0.132 e. The second-order valence-corrected chi connectivity index (χ2v) is 15.8. The molecule has 2 N–H and O–H groups in total. The zero-order valence-corrected chi connectivity index (χ0v) is 31.3. The molecule has 0 spiro atoms. The number of aliphatic imine (C=N–C) groups is 1. The van der Waals surface area contributed by atoms with Crippen LogP contribution in [0.5, 0.6) is 5.75 Å². The Hall–Kier alpha value is -3.93. The van der Waals surface area contributed by atoms with Gasteiger partial charge in [0.2, 0.25) is 0 Å². The Morgan fingerprint density at radius 1 is 0.981 bits per heavy atom. The van der Waals surface area contributed by atoms with Gasteiger partial charge in [-0.3, -0.25) is 0 Å². The Kier molecular flexibility index (Phi) is 10.5. The molecule has 1 heterocycles. The predicted molar refractivity (Wildman–Crippen MR) is 213 cm³/mol. The van der Waals surface area contributed by atoms with Gasteiger partial charge in [-0.25, -0.2) is 4.99 Å². The first-order valence-corrected chi connectivity index (χ1v) is 20.1. The van der Waals surface area contributed by atoms with Crippen molar-refractivity contribution < 1.29 is 14.6 Å². The normalized spacial score (nSPS) is 31.0. The van der Waals surface area contributed by atoms with Gasteiger partial charge in [0.15, 0.2) is 0 Å². The molecule has 7 aliphatic rings. The van der Waals surface area contributed by atoms with E-state index in [2.05, 4.69) is 110 Å². The second-order valence-electron chi connectivity index (χ2n) is 15.8. The number of ether oxygens (including phenoxy) is 2. The summed E-state index contributed by atoms with van der Waals surface area (Å²) < 4.78 is 12.3. The van der Waals surface area contributed by atoms with E-state index in [9.17, 15) is 5.11 Å². The molecule has 0 fully saturated rings. The molecule has 0 amide bonds. The molecule has 8 atom stereocenters. The van der Waals surface area contributed by atoms with Crippen LogP contribution in [-0.4, -0.2) is 42.9 Å². The monoisotopic (exact) mass is 696 g/mol. The van der Waals surface area contributed by atoms with Crippen LogP contribution >= 0.6 is 0 Å². The number of para-hydroxylation sites is 1. The Balaban J connectivity index is 1.10.